The maximum absolute atomic E-state index is 13.2. The molecular formula is C10H9BrFNO2. The Kier molecular flexibility index (Phi) is 3.02. The maximum Gasteiger partial charge on any atom is 0.246 e. The fraction of sp³-hybridized carbons (Fsp3) is 0.300. The second-order valence-electron chi connectivity index (χ2n) is 3.28. The number of morpholine rings is 1. The minimum absolute atomic E-state index is 0.0301. The van der Waals surface area contributed by atoms with Gasteiger partial charge in [-0.3, -0.25) is 4.79 Å². The lowest BCUT2D eigenvalue weighted by atomic mass is 10.1. The van der Waals surface area contributed by atoms with E-state index in [1.54, 1.807) is 12.1 Å². The van der Waals surface area contributed by atoms with Crippen LogP contribution in [0.15, 0.2) is 22.7 Å². The number of hydrogen-bond acceptors (Lipinski definition) is 2. The van der Waals surface area contributed by atoms with Crippen molar-refractivity contribution in [2.75, 3.05) is 13.2 Å². The van der Waals surface area contributed by atoms with Crippen LogP contribution in [0.2, 0.25) is 0 Å². The van der Waals surface area contributed by atoms with Gasteiger partial charge in [0.1, 0.15) is 18.5 Å². The van der Waals surface area contributed by atoms with E-state index in [2.05, 4.69) is 21.2 Å². The van der Waals surface area contributed by atoms with E-state index in [1.807, 2.05) is 0 Å². The monoisotopic (exact) mass is 273 g/mol. The molecule has 1 fully saturated rings. The predicted molar refractivity (Wildman–Crippen MR) is 55.8 cm³/mol. The Labute approximate surface area is 94.7 Å². The molecule has 1 aromatic rings. The molecule has 0 saturated carbocycles. The van der Waals surface area contributed by atoms with Crippen molar-refractivity contribution in [3.8, 4) is 0 Å². The van der Waals surface area contributed by atoms with Gasteiger partial charge in [-0.25, -0.2) is 4.39 Å². The predicted octanol–water partition coefficient (Wildman–Crippen LogP) is 1.78. The van der Waals surface area contributed by atoms with Crippen LogP contribution in [0, 0.1) is 5.82 Å². The van der Waals surface area contributed by atoms with Crippen molar-refractivity contribution in [3.05, 3.63) is 34.1 Å². The van der Waals surface area contributed by atoms with Crippen molar-refractivity contribution in [2.24, 2.45) is 0 Å². The van der Waals surface area contributed by atoms with E-state index in [4.69, 9.17) is 4.74 Å². The number of rotatable bonds is 1. The van der Waals surface area contributed by atoms with Gasteiger partial charge in [0.15, 0.2) is 0 Å². The summed E-state index contributed by atoms with van der Waals surface area (Å²) in [6.45, 7) is 0.419. The molecule has 15 heavy (non-hydrogen) atoms. The van der Waals surface area contributed by atoms with Gasteiger partial charge in [0.05, 0.1) is 4.47 Å². The number of ether oxygens (including phenoxy) is 1. The van der Waals surface area contributed by atoms with Crippen LogP contribution in [0.5, 0.6) is 0 Å². The zero-order valence-corrected chi connectivity index (χ0v) is 9.38. The molecule has 0 unspecified atom stereocenters. The number of benzene rings is 1. The Hall–Kier alpha value is -0.940. The first-order chi connectivity index (χ1) is 7.16. The summed E-state index contributed by atoms with van der Waals surface area (Å²) < 4.78 is 18.9. The average molecular weight is 274 g/mol. The van der Waals surface area contributed by atoms with Gasteiger partial charge in [-0.2, -0.15) is 0 Å². The van der Waals surface area contributed by atoms with Crippen LogP contribution in [0.4, 0.5) is 4.39 Å². The van der Waals surface area contributed by atoms with E-state index in [9.17, 15) is 9.18 Å². The topological polar surface area (TPSA) is 38.3 Å². The van der Waals surface area contributed by atoms with E-state index in [0.717, 1.165) is 5.56 Å². The number of nitrogens with one attached hydrogen (secondary N) is 1. The van der Waals surface area contributed by atoms with E-state index in [1.165, 1.54) is 6.07 Å². The standard InChI is InChI=1S/C10H9BrFNO2/c11-7-2-1-6(3-8(7)12)9-4-13-10(14)5-15-9/h1-3,9H,4-5H2,(H,13,14)/t9-/m1/s1. The zero-order chi connectivity index (χ0) is 10.8. The lowest BCUT2D eigenvalue weighted by molar-refractivity contribution is -0.133. The summed E-state index contributed by atoms with van der Waals surface area (Å²) in [6.07, 6.45) is -0.259. The van der Waals surface area contributed by atoms with Crippen molar-refractivity contribution in [1.29, 1.82) is 0 Å². The molecule has 2 rings (SSSR count). The molecule has 1 saturated heterocycles. The van der Waals surface area contributed by atoms with Gasteiger partial charge in [-0.15, -0.1) is 0 Å². The summed E-state index contributed by atoms with van der Waals surface area (Å²) in [5.41, 5.74) is 0.732. The normalized spacial score (nSPS) is 21.2. The van der Waals surface area contributed by atoms with E-state index < -0.39 is 0 Å². The van der Waals surface area contributed by atoms with Crippen LogP contribution in [0.1, 0.15) is 11.7 Å². The van der Waals surface area contributed by atoms with Crippen molar-refractivity contribution >= 4 is 21.8 Å². The molecular weight excluding hydrogens is 265 g/mol. The summed E-state index contributed by atoms with van der Waals surface area (Å²) in [5.74, 6) is -0.461. The summed E-state index contributed by atoms with van der Waals surface area (Å²) >= 11 is 3.08. The first kappa shape index (κ1) is 10.6. The van der Waals surface area contributed by atoms with Gasteiger partial charge >= 0.3 is 0 Å². The number of amides is 1. The zero-order valence-electron chi connectivity index (χ0n) is 7.80. The summed E-state index contributed by atoms with van der Waals surface area (Å²) in [6, 6.07) is 4.81. The van der Waals surface area contributed by atoms with Crippen molar-refractivity contribution < 1.29 is 13.9 Å². The van der Waals surface area contributed by atoms with Gasteiger partial charge in [0, 0.05) is 6.54 Å². The van der Waals surface area contributed by atoms with Crippen molar-refractivity contribution in [1.82, 2.24) is 5.32 Å². The second kappa shape index (κ2) is 4.28. The molecule has 0 aromatic heterocycles. The first-order valence-corrected chi connectivity index (χ1v) is 5.29. The minimum atomic E-state index is -0.326. The highest BCUT2D eigenvalue weighted by Crippen LogP contribution is 2.23. The fourth-order valence-corrected chi connectivity index (χ4v) is 1.67. The number of halogens is 2. The Morgan fingerprint density at radius 1 is 1.53 bits per heavy atom. The fourth-order valence-electron chi connectivity index (χ4n) is 1.42. The summed E-state index contributed by atoms with van der Waals surface area (Å²) in [5, 5.41) is 2.67. The molecule has 1 aliphatic heterocycles. The molecule has 1 atom stereocenters. The Balaban J connectivity index is 2.16. The van der Waals surface area contributed by atoms with E-state index >= 15 is 0 Å². The second-order valence-corrected chi connectivity index (χ2v) is 4.13. The molecule has 0 spiro atoms. The van der Waals surface area contributed by atoms with Crippen LogP contribution < -0.4 is 5.32 Å². The Morgan fingerprint density at radius 3 is 2.93 bits per heavy atom. The van der Waals surface area contributed by atoms with Crippen molar-refractivity contribution in [2.45, 2.75) is 6.10 Å². The third-order valence-corrected chi connectivity index (χ3v) is 2.86. The molecule has 1 N–H and O–H groups in total. The van der Waals surface area contributed by atoms with Gasteiger partial charge in [0.2, 0.25) is 5.91 Å². The first-order valence-electron chi connectivity index (χ1n) is 4.50. The number of carbonyl (C=O) groups is 1. The largest absolute Gasteiger partial charge is 0.362 e. The lowest BCUT2D eigenvalue weighted by Gasteiger charge is -2.23. The SMILES string of the molecule is O=C1CO[C@@H](c2ccc(Br)c(F)c2)CN1. The molecule has 0 aliphatic carbocycles. The van der Waals surface area contributed by atoms with Crippen LogP contribution in [-0.4, -0.2) is 19.1 Å². The van der Waals surface area contributed by atoms with Crippen LogP contribution in [0.25, 0.3) is 0 Å². The smallest absolute Gasteiger partial charge is 0.246 e. The molecule has 0 radical (unpaired) electrons. The summed E-state index contributed by atoms with van der Waals surface area (Å²) in [7, 11) is 0. The molecule has 3 nitrogen and oxygen atoms in total. The molecule has 1 heterocycles. The Morgan fingerprint density at radius 2 is 2.33 bits per heavy atom. The Bertz CT molecular complexity index is 387. The molecule has 5 heteroatoms. The van der Waals surface area contributed by atoms with E-state index in [0.29, 0.717) is 11.0 Å². The molecule has 1 amide bonds. The van der Waals surface area contributed by atoms with Gasteiger partial charge < -0.3 is 10.1 Å². The highest BCUT2D eigenvalue weighted by atomic mass is 79.9. The molecule has 1 aliphatic rings. The third kappa shape index (κ3) is 2.35. The van der Waals surface area contributed by atoms with Crippen LogP contribution >= 0.6 is 15.9 Å². The lowest BCUT2D eigenvalue weighted by Crippen LogP contribution is -2.38. The molecule has 0 bridgehead atoms. The molecule has 1 aromatic carbocycles. The highest BCUT2D eigenvalue weighted by Gasteiger charge is 2.20. The quantitative estimate of drug-likeness (QED) is 0.847. The number of carbonyl (C=O) groups excluding carboxylic acids is 1. The van der Waals surface area contributed by atoms with E-state index in [-0.39, 0.29) is 24.4 Å². The van der Waals surface area contributed by atoms with Crippen LogP contribution in [-0.2, 0) is 9.53 Å². The average Bonchev–Trinajstić information content (AvgIpc) is 2.23. The highest BCUT2D eigenvalue weighted by molar-refractivity contribution is 9.10. The van der Waals surface area contributed by atoms with Crippen molar-refractivity contribution in [3.63, 3.8) is 0 Å². The molecule has 80 valence electrons. The minimum Gasteiger partial charge on any atom is -0.362 e. The van der Waals surface area contributed by atoms with Gasteiger partial charge in [-0.05, 0) is 33.6 Å². The van der Waals surface area contributed by atoms with Crippen LogP contribution in [0.3, 0.4) is 0 Å². The maximum atomic E-state index is 13.2. The summed E-state index contributed by atoms with van der Waals surface area (Å²) in [4.78, 5) is 10.8. The number of hydrogen-bond donors (Lipinski definition) is 1. The van der Waals surface area contributed by atoms with Gasteiger partial charge in [0.25, 0.3) is 0 Å². The third-order valence-electron chi connectivity index (χ3n) is 2.22. The van der Waals surface area contributed by atoms with Gasteiger partial charge in [-0.1, -0.05) is 6.07 Å².